The smallest absolute Gasteiger partial charge is 0.315 e. The molecule has 17 nitrogen and oxygen atoms in total. The zero-order valence-electron chi connectivity index (χ0n) is 59.2. The van der Waals surface area contributed by atoms with Gasteiger partial charge in [-0.25, -0.2) is 80.0 Å². The lowest BCUT2D eigenvalue weighted by Gasteiger charge is -2.09. The minimum atomic E-state index is -0.887. The maximum Gasteiger partial charge on any atom is 0.315 e. The van der Waals surface area contributed by atoms with Crippen LogP contribution in [0, 0.1) is 46.5 Å². The van der Waals surface area contributed by atoms with Gasteiger partial charge in [0.2, 0.25) is 5.89 Å². The Bertz CT molecular complexity index is 4530. The third-order valence-electron chi connectivity index (χ3n) is 15.1. The van der Waals surface area contributed by atoms with Crippen LogP contribution < -0.4 is 5.32 Å². The van der Waals surface area contributed by atoms with Crippen LogP contribution in [0.3, 0.4) is 0 Å². The Balaban J connectivity index is 0.000000172. The van der Waals surface area contributed by atoms with Crippen LogP contribution >= 0.6 is 0 Å². The van der Waals surface area contributed by atoms with Crippen LogP contribution in [0.4, 0.5) is 41.1 Å². The van der Waals surface area contributed by atoms with Gasteiger partial charge >= 0.3 is 6.01 Å². The van der Waals surface area contributed by atoms with Crippen molar-refractivity contribution in [3.05, 3.63) is 245 Å². The molecule has 0 bridgehead atoms. The van der Waals surface area contributed by atoms with Gasteiger partial charge in [0.15, 0.2) is 34.9 Å². The van der Waals surface area contributed by atoms with Crippen LogP contribution in [0.1, 0.15) is 178 Å². The molecule has 0 amide bonds. The van der Waals surface area contributed by atoms with Crippen molar-refractivity contribution in [2.45, 2.75) is 145 Å². The summed E-state index contributed by atoms with van der Waals surface area (Å²) >= 11 is 0. The number of rotatable bonds is 16. The Morgan fingerprint density at radius 1 is 0.353 bits per heavy atom. The second-order valence-corrected chi connectivity index (χ2v) is 24.8. The molecule has 12 aromatic rings. The van der Waals surface area contributed by atoms with Gasteiger partial charge in [-0.05, 0) is 156 Å². The minimum absolute atomic E-state index is 0.0291. The predicted molar refractivity (Wildman–Crippen MR) is 377 cm³/mol. The van der Waals surface area contributed by atoms with E-state index in [1.54, 1.807) is 99.6 Å². The summed E-state index contributed by atoms with van der Waals surface area (Å²) in [6.45, 7) is 27.7. The molecule has 102 heavy (non-hydrogen) atoms. The van der Waals surface area contributed by atoms with Crippen molar-refractivity contribution in [2.24, 2.45) is 0 Å². The van der Waals surface area contributed by atoms with Crippen molar-refractivity contribution in [1.82, 2.24) is 70.2 Å². The first-order chi connectivity index (χ1) is 48.8. The normalized spacial score (nSPS) is 10.9. The average molecular weight is 1400 g/mol. The molecule has 532 valence electrons. The molecule has 25 heteroatoms. The number of aromatic nitrogens is 14. The molecule has 12 rings (SSSR count). The quantitative estimate of drug-likeness (QED) is 0.0889. The molecule has 0 fully saturated rings. The van der Waals surface area contributed by atoms with Crippen molar-refractivity contribution >= 4 is 6.01 Å². The summed E-state index contributed by atoms with van der Waals surface area (Å²) < 4.78 is 121. The van der Waals surface area contributed by atoms with Gasteiger partial charge in [-0.2, -0.15) is 0 Å². The second kappa shape index (κ2) is 38.0. The lowest BCUT2D eigenvalue weighted by atomic mass is 10.00. The fourth-order valence-electron chi connectivity index (χ4n) is 9.39. The molecule has 7 heterocycles. The topological polar surface area (TPSA) is 219 Å². The number of nitrogens with one attached hydrogen (secondary N) is 1. The standard InChI is InChI=1S/C14H17FN2O.C13H15F2N3O.2C13H12F2N2.C13H13FN2.C11H12N4/c1-4-5-13-16-17-14(18-13)11-7-6-10(9(2)3)8-12(11)15;1-4-16-13-18-17-12(19-13)9-6-10(14)8(7(2)3)5-11(9)15;1-8(2)9-4-5-10(12(15)11(9)14)13-16-6-3-7-17-13;1-8(2)9-6-12(15)10(7-11(9)14)13-16-4-3-5-17-13;1-9(2)10-4-5-11(12(14)8-10)13-15-6-3-7-16-13;1-8(2)9-6-15-10(7-14-9)11-12-4-3-5-13-11/h6-9H,4-5H2,1-3H3;5-7H,4H2,1-3H3,(H,16,18);2*3-8H,1-2H3;3-9H,1-2H3;3-8H,1-2H3. The molecule has 7 aromatic heterocycles. The maximum absolute atomic E-state index is 14.0. The number of anilines is 1. The van der Waals surface area contributed by atoms with Crippen LogP contribution in [0.2, 0.25) is 0 Å². The highest BCUT2D eigenvalue weighted by Crippen LogP contribution is 2.32. The summed E-state index contributed by atoms with van der Waals surface area (Å²) in [6.07, 6.45) is 17.7. The van der Waals surface area contributed by atoms with E-state index >= 15 is 0 Å². The first-order valence-corrected chi connectivity index (χ1v) is 33.2. The van der Waals surface area contributed by atoms with Gasteiger partial charge in [-0.1, -0.05) is 113 Å². The van der Waals surface area contributed by atoms with Crippen molar-refractivity contribution in [1.29, 1.82) is 0 Å². The van der Waals surface area contributed by atoms with Gasteiger partial charge in [0.1, 0.15) is 40.6 Å². The fraction of sp³-hybridized carbons (Fsp3) is 0.299. The van der Waals surface area contributed by atoms with Crippen molar-refractivity contribution in [2.75, 3.05) is 11.9 Å². The number of aryl methyl sites for hydroxylation is 1. The summed E-state index contributed by atoms with van der Waals surface area (Å²) in [4.78, 5) is 40.5. The molecule has 0 aliphatic heterocycles. The van der Waals surface area contributed by atoms with Crippen LogP contribution in [0.15, 0.2) is 168 Å². The molecule has 0 aliphatic carbocycles. The van der Waals surface area contributed by atoms with Gasteiger partial charge < -0.3 is 14.2 Å². The third-order valence-corrected chi connectivity index (χ3v) is 15.1. The van der Waals surface area contributed by atoms with Crippen LogP contribution in [0.5, 0.6) is 0 Å². The first kappa shape index (κ1) is 78.4. The summed E-state index contributed by atoms with van der Waals surface area (Å²) in [5.41, 5.74) is 5.66. The van der Waals surface area contributed by atoms with Gasteiger partial charge in [0.25, 0.3) is 11.8 Å². The molecule has 0 spiro atoms. The highest BCUT2D eigenvalue weighted by molar-refractivity contribution is 5.60. The highest BCUT2D eigenvalue weighted by atomic mass is 19.2. The Kier molecular flexibility index (Phi) is 29.2. The van der Waals surface area contributed by atoms with Gasteiger partial charge in [-0.3, -0.25) is 4.98 Å². The van der Waals surface area contributed by atoms with E-state index in [9.17, 15) is 35.1 Å². The molecular formula is C77H81F8N15O2. The van der Waals surface area contributed by atoms with E-state index in [1.807, 2.05) is 81.4 Å². The number of hydrogen-bond acceptors (Lipinski definition) is 17. The summed E-state index contributed by atoms with van der Waals surface area (Å²) in [5, 5.41) is 18.0. The van der Waals surface area contributed by atoms with Gasteiger partial charge in [0, 0.05) is 68.7 Å². The third kappa shape index (κ3) is 21.8. The molecule has 0 atom stereocenters. The summed E-state index contributed by atoms with van der Waals surface area (Å²) in [5.74, 6) is -1.26. The fourth-order valence-corrected chi connectivity index (χ4v) is 9.39. The molecule has 0 aliphatic rings. The first-order valence-electron chi connectivity index (χ1n) is 33.2. The van der Waals surface area contributed by atoms with E-state index in [2.05, 4.69) is 89.4 Å². The number of nitrogens with zero attached hydrogens (tertiary/aromatic N) is 14. The molecular weight excluding hydrogens is 1320 g/mol. The van der Waals surface area contributed by atoms with E-state index in [-0.39, 0.29) is 75.5 Å². The van der Waals surface area contributed by atoms with E-state index in [1.165, 1.54) is 49.1 Å². The Morgan fingerprint density at radius 3 is 1.24 bits per heavy atom. The van der Waals surface area contributed by atoms with E-state index in [0.29, 0.717) is 75.3 Å². The number of halogens is 8. The monoisotopic (exact) mass is 1400 g/mol. The molecule has 5 aromatic carbocycles. The average Bonchev–Trinajstić information content (AvgIpc) is 1.21. The Morgan fingerprint density at radius 2 is 0.784 bits per heavy atom. The predicted octanol–water partition coefficient (Wildman–Crippen LogP) is 20.1. The SMILES string of the molecule is CC(C)c1cc(F)c(-c2ncccn2)cc1F.CC(C)c1ccc(-c2ncccn2)c(F)c1.CC(C)c1ccc(-c2ncccn2)c(F)c1F.CC(C)c1cnc(-c2ncccn2)cn1.CCCc1nnc(-c2ccc(C(C)C)cc2F)o1.CCNc1nnc(-c2cc(F)c(C(C)C)cc2F)o1. The molecule has 0 radical (unpaired) electrons. The molecule has 1 N–H and O–H groups in total. The largest absolute Gasteiger partial charge is 0.421 e. The van der Waals surface area contributed by atoms with Crippen molar-refractivity contribution in [3.63, 3.8) is 0 Å². The minimum Gasteiger partial charge on any atom is -0.421 e. The molecule has 0 saturated heterocycles. The zero-order chi connectivity index (χ0) is 74.2. The van der Waals surface area contributed by atoms with Gasteiger partial charge in [0.05, 0.1) is 39.7 Å². The summed E-state index contributed by atoms with van der Waals surface area (Å²) in [6, 6.07) is 25.0. The number of benzene rings is 5. The van der Waals surface area contributed by atoms with Crippen molar-refractivity contribution in [3.8, 4) is 68.6 Å². The molecule has 0 saturated carbocycles. The zero-order valence-corrected chi connectivity index (χ0v) is 59.2. The Labute approximate surface area is 588 Å². The molecule has 0 unspecified atom stereocenters. The van der Waals surface area contributed by atoms with E-state index in [4.69, 9.17) is 8.83 Å². The maximum atomic E-state index is 14.0. The summed E-state index contributed by atoms with van der Waals surface area (Å²) in [7, 11) is 0. The number of hydrogen-bond donors (Lipinski definition) is 1. The van der Waals surface area contributed by atoms with E-state index in [0.717, 1.165) is 41.8 Å². The highest BCUT2D eigenvalue weighted by Gasteiger charge is 2.21. The van der Waals surface area contributed by atoms with Crippen LogP contribution in [-0.4, -0.2) is 76.8 Å². The lowest BCUT2D eigenvalue weighted by Crippen LogP contribution is -2.00. The van der Waals surface area contributed by atoms with Gasteiger partial charge in [-0.15, -0.1) is 15.3 Å². The van der Waals surface area contributed by atoms with Crippen molar-refractivity contribution < 1.29 is 44.0 Å². The van der Waals surface area contributed by atoms with E-state index < -0.39 is 34.9 Å². The Hall–Kier alpha value is -11.0. The second-order valence-electron chi connectivity index (χ2n) is 24.8. The van der Waals surface area contributed by atoms with Crippen LogP contribution in [0.25, 0.3) is 68.6 Å². The van der Waals surface area contributed by atoms with Crippen LogP contribution in [-0.2, 0) is 6.42 Å². The lowest BCUT2D eigenvalue weighted by molar-refractivity contribution is 0.495.